The summed E-state index contributed by atoms with van der Waals surface area (Å²) < 4.78 is 30.1. The first-order chi connectivity index (χ1) is 16.7. The van der Waals surface area contributed by atoms with Gasteiger partial charge in [0.15, 0.2) is 0 Å². The van der Waals surface area contributed by atoms with Gasteiger partial charge in [0.1, 0.15) is 0 Å². The average molecular weight is 496 g/mol. The molecule has 4 rings (SSSR count). The third-order valence-corrected chi connectivity index (χ3v) is 8.49. The summed E-state index contributed by atoms with van der Waals surface area (Å²) in [6.07, 6.45) is 2.41. The molecule has 35 heavy (non-hydrogen) atoms. The Bertz CT molecular complexity index is 1310. The van der Waals surface area contributed by atoms with Gasteiger partial charge in [-0.05, 0) is 62.1 Å². The molecule has 0 bridgehead atoms. The van der Waals surface area contributed by atoms with E-state index in [1.54, 1.807) is 0 Å². The van der Waals surface area contributed by atoms with Gasteiger partial charge in [-0.2, -0.15) is 9.40 Å². The topological polar surface area (TPSA) is 87.5 Å². The molecular formula is C26H33N5O3S. The Hall–Kier alpha value is -3.17. The molecule has 0 aliphatic carbocycles. The number of hydrogen-bond acceptors (Lipinski definition) is 5. The molecule has 0 spiro atoms. The van der Waals surface area contributed by atoms with Crippen molar-refractivity contribution in [3.63, 3.8) is 0 Å². The molecule has 2 heterocycles. The van der Waals surface area contributed by atoms with Crippen LogP contribution in [-0.4, -0.2) is 54.6 Å². The second-order valence-electron chi connectivity index (χ2n) is 8.82. The summed E-state index contributed by atoms with van der Waals surface area (Å²) >= 11 is 0. The number of amides is 1. The van der Waals surface area contributed by atoms with Crippen LogP contribution in [0.5, 0.6) is 0 Å². The van der Waals surface area contributed by atoms with Crippen molar-refractivity contribution in [2.45, 2.75) is 45.7 Å². The first kappa shape index (κ1) is 24.9. The zero-order valence-electron chi connectivity index (χ0n) is 20.8. The number of anilines is 2. The predicted octanol–water partition coefficient (Wildman–Crippen LogP) is 3.85. The minimum Gasteiger partial charge on any atom is -0.369 e. The number of nitrogens with zero attached hydrogens (tertiary/aromatic N) is 4. The average Bonchev–Trinajstić information content (AvgIpc) is 3.32. The van der Waals surface area contributed by atoms with E-state index >= 15 is 0 Å². The summed E-state index contributed by atoms with van der Waals surface area (Å²) in [5.74, 6) is -0.485. The minimum atomic E-state index is -3.94. The zero-order valence-corrected chi connectivity index (χ0v) is 21.6. The quantitative estimate of drug-likeness (QED) is 0.538. The number of rotatable bonds is 7. The van der Waals surface area contributed by atoms with E-state index in [0.717, 1.165) is 17.7 Å². The van der Waals surface area contributed by atoms with Crippen molar-refractivity contribution in [3.8, 4) is 0 Å². The van der Waals surface area contributed by atoms with E-state index < -0.39 is 15.9 Å². The van der Waals surface area contributed by atoms with E-state index in [1.165, 1.54) is 26.3 Å². The number of aromatic nitrogens is 2. The Labute approximate surface area is 207 Å². The summed E-state index contributed by atoms with van der Waals surface area (Å²) in [6, 6.07) is 13.7. The van der Waals surface area contributed by atoms with Crippen molar-refractivity contribution in [2.24, 2.45) is 0 Å². The van der Waals surface area contributed by atoms with Gasteiger partial charge in [0.25, 0.3) is 15.9 Å². The van der Waals surface area contributed by atoms with E-state index in [1.807, 2.05) is 37.3 Å². The highest BCUT2D eigenvalue weighted by Crippen LogP contribution is 2.26. The van der Waals surface area contributed by atoms with E-state index in [9.17, 15) is 13.2 Å². The Balaban J connectivity index is 1.54. The van der Waals surface area contributed by atoms with Gasteiger partial charge in [0.05, 0.1) is 5.56 Å². The summed E-state index contributed by atoms with van der Waals surface area (Å²) in [4.78, 5) is 15.3. The fourth-order valence-corrected chi connectivity index (χ4v) is 5.82. The molecule has 0 radical (unpaired) electrons. The smallest absolute Gasteiger partial charge is 0.263 e. The molecule has 1 N–H and O–H groups in total. The third-order valence-electron chi connectivity index (χ3n) is 6.66. The first-order valence-electron chi connectivity index (χ1n) is 12.0. The van der Waals surface area contributed by atoms with Crippen molar-refractivity contribution in [2.75, 3.05) is 36.4 Å². The summed E-state index contributed by atoms with van der Waals surface area (Å²) in [5.41, 5.74) is 5.38. The molecule has 0 unspecified atom stereocenters. The van der Waals surface area contributed by atoms with Crippen LogP contribution in [0, 0.1) is 13.8 Å². The number of carbonyl (C=O) groups is 1. The fraction of sp³-hybridized carbons (Fsp3) is 0.385. The van der Waals surface area contributed by atoms with E-state index in [2.05, 4.69) is 48.2 Å². The van der Waals surface area contributed by atoms with Gasteiger partial charge in [0.2, 0.25) is 5.03 Å². The van der Waals surface area contributed by atoms with Crippen molar-refractivity contribution in [1.82, 2.24) is 14.1 Å². The second-order valence-corrected chi connectivity index (χ2v) is 10.7. The third kappa shape index (κ3) is 5.11. The van der Waals surface area contributed by atoms with Gasteiger partial charge in [-0.15, -0.1) is 0 Å². The number of piperazine rings is 1. The number of aryl methyl sites for hydroxylation is 3. The van der Waals surface area contributed by atoms with Crippen LogP contribution < -0.4 is 10.2 Å². The van der Waals surface area contributed by atoms with Crippen molar-refractivity contribution in [1.29, 1.82) is 0 Å². The normalized spacial score (nSPS) is 14.8. The van der Waals surface area contributed by atoms with E-state index in [4.69, 9.17) is 0 Å². The second kappa shape index (κ2) is 10.2. The molecule has 0 atom stereocenters. The number of hydrogen-bond donors (Lipinski definition) is 1. The first-order valence-corrected chi connectivity index (χ1v) is 13.5. The van der Waals surface area contributed by atoms with Gasteiger partial charge in [-0.3, -0.25) is 9.48 Å². The van der Waals surface area contributed by atoms with Crippen LogP contribution >= 0.6 is 0 Å². The van der Waals surface area contributed by atoms with Crippen molar-refractivity contribution < 1.29 is 13.2 Å². The highest BCUT2D eigenvalue weighted by Gasteiger charge is 2.35. The fourth-order valence-electron chi connectivity index (χ4n) is 4.30. The minimum absolute atomic E-state index is 0.0587. The lowest BCUT2D eigenvalue weighted by Gasteiger charge is -2.36. The molecule has 9 heteroatoms. The molecule has 1 aromatic heterocycles. The lowest BCUT2D eigenvalue weighted by atomic mass is 10.1. The van der Waals surface area contributed by atoms with Crippen LogP contribution in [0.4, 0.5) is 11.4 Å². The lowest BCUT2D eigenvalue weighted by Crippen LogP contribution is -2.49. The van der Waals surface area contributed by atoms with Gasteiger partial charge in [-0.1, -0.05) is 31.2 Å². The maximum Gasteiger partial charge on any atom is 0.263 e. The maximum atomic E-state index is 13.6. The van der Waals surface area contributed by atoms with Gasteiger partial charge < -0.3 is 10.2 Å². The van der Waals surface area contributed by atoms with Gasteiger partial charge >= 0.3 is 0 Å². The Morgan fingerprint density at radius 2 is 1.69 bits per heavy atom. The summed E-state index contributed by atoms with van der Waals surface area (Å²) in [7, 11) is -3.94. The Morgan fingerprint density at radius 1 is 1.00 bits per heavy atom. The molecule has 1 fully saturated rings. The van der Waals surface area contributed by atoms with Crippen molar-refractivity contribution >= 4 is 27.3 Å². The largest absolute Gasteiger partial charge is 0.369 e. The standard InChI is InChI=1S/C26H33N5O3S/c1-5-21-10-12-22(13-11-21)27-25(32)23-18-30(6-2)28-26(23)35(33,34)31-16-14-29(15-17-31)24-9-7-8-19(3)20(24)4/h7-13,18H,5-6,14-17H2,1-4H3,(H,27,32). The molecule has 1 saturated heterocycles. The number of nitrogens with one attached hydrogen (secondary N) is 1. The highest BCUT2D eigenvalue weighted by atomic mass is 32.2. The van der Waals surface area contributed by atoms with Crippen molar-refractivity contribution in [3.05, 3.63) is 70.9 Å². The molecular weight excluding hydrogens is 462 g/mol. The molecule has 1 aliphatic heterocycles. The molecule has 1 aliphatic rings. The molecule has 0 saturated carbocycles. The number of benzene rings is 2. The predicted molar refractivity (Wildman–Crippen MR) is 139 cm³/mol. The lowest BCUT2D eigenvalue weighted by molar-refractivity contribution is 0.102. The van der Waals surface area contributed by atoms with E-state index in [-0.39, 0.29) is 10.6 Å². The number of sulfonamides is 1. The molecule has 186 valence electrons. The molecule has 8 nitrogen and oxygen atoms in total. The maximum absolute atomic E-state index is 13.6. The van der Waals surface area contributed by atoms with Crippen LogP contribution in [0.2, 0.25) is 0 Å². The van der Waals surface area contributed by atoms with E-state index in [0.29, 0.717) is 38.4 Å². The van der Waals surface area contributed by atoms with Crippen LogP contribution in [0.25, 0.3) is 0 Å². The zero-order chi connectivity index (χ0) is 25.2. The highest BCUT2D eigenvalue weighted by molar-refractivity contribution is 7.89. The Morgan fingerprint density at radius 3 is 2.31 bits per heavy atom. The summed E-state index contributed by atoms with van der Waals surface area (Å²) in [6.45, 7) is 10.3. The SMILES string of the molecule is CCc1ccc(NC(=O)c2cn(CC)nc2S(=O)(=O)N2CCN(c3cccc(C)c3C)CC2)cc1. The summed E-state index contributed by atoms with van der Waals surface area (Å²) in [5, 5.41) is 6.91. The van der Waals surface area contributed by atoms with Crippen LogP contribution in [-0.2, 0) is 23.0 Å². The molecule has 2 aromatic carbocycles. The van der Waals surface area contributed by atoms with Gasteiger partial charge in [-0.25, -0.2) is 8.42 Å². The molecule has 1 amide bonds. The van der Waals surface area contributed by atoms with Gasteiger partial charge in [0, 0.05) is 50.3 Å². The Kier molecular flexibility index (Phi) is 7.28. The van der Waals surface area contributed by atoms with Crippen LogP contribution in [0.3, 0.4) is 0 Å². The van der Waals surface area contributed by atoms with Crippen LogP contribution in [0.15, 0.2) is 53.7 Å². The van der Waals surface area contributed by atoms with Crippen LogP contribution in [0.1, 0.15) is 40.9 Å². The monoisotopic (exact) mass is 495 g/mol. The molecule has 3 aromatic rings. The number of carbonyl (C=O) groups excluding carboxylic acids is 1.